The first kappa shape index (κ1) is 11.0. The van der Waals surface area contributed by atoms with Crippen LogP contribution in [0, 0.1) is 0 Å². The number of carboxylic acid groups (broad SMARTS) is 1. The highest BCUT2D eigenvalue weighted by Gasteiger charge is 2.19. The molecule has 0 aliphatic carbocycles. The second-order valence-corrected chi connectivity index (χ2v) is 4.00. The lowest BCUT2D eigenvalue weighted by Crippen LogP contribution is -2.23. The van der Waals surface area contributed by atoms with E-state index in [1.54, 1.807) is 0 Å². The highest BCUT2D eigenvalue weighted by atomic mass is 16.4. The van der Waals surface area contributed by atoms with Gasteiger partial charge in [-0.2, -0.15) is 0 Å². The van der Waals surface area contributed by atoms with Gasteiger partial charge in [-0.05, 0) is 23.6 Å². The zero-order valence-electron chi connectivity index (χ0n) is 9.02. The minimum absolute atomic E-state index is 0.0278. The number of hydrogen-bond donors (Lipinski definition) is 2. The fraction of sp³-hybridized carbons (Fsp3) is 0.417. The van der Waals surface area contributed by atoms with Gasteiger partial charge in [0.2, 0.25) is 0 Å². The Balaban J connectivity index is 2.14. The first-order chi connectivity index (χ1) is 7.70. The van der Waals surface area contributed by atoms with Gasteiger partial charge in [0.25, 0.3) is 0 Å². The number of nitrogens with zero attached hydrogens (tertiary/aromatic N) is 1. The number of aliphatic carboxylic acids is 1. The van der Waals surface area contributed by atoms with E-state index in [-0.39, 0.29) is 13.0 Å². The Labute approximate surface area is 94.1 Å². The van der Waals surface area contributed by atoms with Crippen molar-refractivity contribution >= 4 is 11.7 Å². The second kappa shape index (κ2) is 4.53. The molecule has 1 aliphatic heterocycles. The number of rotatable bonds is 4. The van der Waals surface area contributed by atoms with E-state index in [1.165, 1.54) is 5.56 Å². The Morgan fingerprint density at radius 3 is 2.94 bits per heavy atom. The molecule has 0 bridgehead atoms. The normalized spacial score (nSPS) is 13.9. The van der Waals surface area contributed by atoms with Crippen molar-refractivity contribution in [1.29, 1.82) is 0 Å². The van der Waals surface area contributed by atoms with Crippen LogP contribution in [0.4, 0.5) is 5.69 Å². The average Bonchev–Trinajstić information content (AvgIpc) is 2.68. The maximum absolute atomic E-state index is 10.5. The number of benzene rings is 1. The molecule has 2 rings (SSSR count). The third-order valence-corrected chi connectivity index (χ3v) is 2.92. The van der Waals surface area contributed by atoms with E-state index in [9.17, 15) is 4.79 Å². The molecule has 0 amide bonds. The molecule has 0 saturated carbocycles. The zero-order chi connectivity index (χ0) is 11.5. The maximum Gasteiger partial charge on any atom is 0.305 e. The fourth-order valence-electron chi connectivity index (χ4n) is 2.05. The van der Waals surface area contributed by atoms with Crippen molar-refractivity contribution in [2.45, 2.75) is 19.4 Å². The number of carbonyl (C=O) groups is 1. The predicted molar refractivity (Wildman–Crippen MR) is 60.5 cm³/mol. The van der Waals surface area contributed by atoms with E-state index in [0.29, 0.717) is 6.54 Å². The summed E-state index contributed by atoms with van der Waals surface area (Å²) in [4.78, 5) is 12.6. The molecular formula is C12H15NO3. The van der Waals surface area contributed by atoms with Crippen LogP contribution in [0.5, 0.6) is 0 Å². The minimum Gasteiger partial charge on any atom is -0.481 e. The van der Waals surface area contributed by atoms with Gasteiger partial charge in [-0.15, -0.1) is 0 Å². The van der Waals surface area contributed by atoms with Crippen LogP contribution in [-0.2, 0) is 17.8 Å². The quantitative estimate of drug-likeness (QED) is 0.796. The Kier molecular flexibility index (Phi) is 3.10. The summed E-state index contributed by atoms with van der Waals surface area (Å²) < 4.78 is 0. The summed E-state index contributed by atoms with van der Waals surface area (Å²) in [6, 6.07) is 5.88. The highest BCUT2D eigenvalue weighted by Crippen LogP contribution is 2.29. The molecule has 4 heteroatoms. The number of aliphatic hydroxyl groups excluding tert-OH is 1. The molecule has 2 N–H and O–H groups in total. The Morgan fingerprint density at radius 2 is 2.25 bits per heavy atom. The van der Waals surface area contributed by atoms with Crippen LogP contribution in [0.25, 0.3) is 0 Å². The SMILES string of the molecule is O=C(O)CCN1CCc2ccc(CO)cc21. The monoisotopic (exact) mass is 221 g/mol. The van der Waals surface area contributed by atoms with Gasteiger partial charge < -0.3 is 15.1 Å². The van der Waals surface area contributed by atoms with Gasteiger partial charge in [-0.3, -0.25) is 4.79 Å². The number of anilines is 1. The summed E-state index contributed by atoms with van der Waals surface area (Å²) >= 11 is 0. The van der Waals surface area contributed by atoms with Crippen LogP contribution in [0.3, 0.4) is 0 Å². The summed E-state index contributed by atoms with van der Waals surface area (Å²) in [5, 5.41) is 17.7. The van der Waals surface area contributed by atoms with E-state index in [2.05, 4.69) is 4.90 Å². The molecule has 1 aromatic carbocycles. The van der Waals surface area contributed by atoms with Gasteiger partial charge in [0.05, 0.1) is 13.0 Å². The van der Waals surface area contributed by atoms with Crippen molar-refractivity contribution in [3.63, 3.8) is 0 Å². The molecule has 0 aromatic heterocycles. The summed E-state index contributed by atoms with van der Waals surface area (Å²) in [5.41, 5.74) is 3.19. The lowest BCUT2D eigenvalue weighted by molar-refractivity contribution is -0.136. The van der Waals surface area contributed by atoms with Gasteiger partial charge in [-0.1, -0.05) is 12.1 Å². The van der Waals surface area contributed by atoms with Crippen molar-refractivity contribution in [3.8, 4) is 0 Å². The zero-order valence-corrected chi connectivity index (χ0v) is 9.02. The van der Waals surface area contributed by atoms with Crippen LogP contribution in [0.1, 0.15) is 17.5 Å². The summed E-state index contributed by atoms with van der Waals surface area (Å²) in [7, 11) is 0. The number of aliphatic hydroxyl groups is 1. The molecule has 86 valence electrons. The molecule has 0 radical (unpaired) electrons. The van der Waals surface area contributed by atoms with E-state index >= 15 is 0 Å². The average molecular weight is 221 g/mol. The molecule has 4 nitrogen and oxygen atoms in total. The van der Waals surface area contributed by atoms with Crippen LogP contribution in [-0.4, -0.2) is 29.3 Å². The maximum atomic E-state index is 10.5. The first-order valence-corrected chi connectivity index (χ1v) is 5.40. The lowest BCUT2D eigenvalue weighted by Gasteiger charge is -2.18. The molecule has 1 aromatic rings. The molecule has 16 heavy (non-hydrogen) atoms. The number of fused-ring (bicyclic) bond motifs is 1. The molecule has 1 aliphatic rings. The van der Waals surface area contributed by atoms with Crippen molar-refractivity contribution < 1.29 is 15.0 Å². The van der Waals surface area contributed by atoms with E-state index in [0.717, 1.165) is 24.2 Å². The van der Waals surface area contributed by atoms with Gasteiger partial charge in [0.15, 0.2) is 0 Å². The molecule has 0 spiro atoms. The summed E-state index contributed by atoms with van der Waals surface area (Å²) in [6.07, 6.45) is 1.11. The molecule has 0 unspecified atom stereocenters. The highest BCUT2D eigenvalue weighted by molar-refractivity contribution is 5.68. The molecular weight excluding hydrogens is 206 g/mol. The number of carboxylic acids is 1. The van der Waals surface area contributed by atoms with E-state index in [4.69, 9.17) is 10.2 Å². The summed E-state index contributed by atoms with van der Waals surface area (Å²) in [5.74, 6) is -0.772. The molecule has 0 fully saturated rings. The van der Waals surface area contributed by atoms with Gasteiger partial charge in [0, 0.05) is 18.8 Å². The molecule has 1 heterocycles. The van der Waals surface area contributed by atoms with Gasteiger partial charge in [0.1, 0.15) is 0 Å². The third kappa shape index (κ3) is 2.17. The summed E-state index contributed by atoms with van der Waals surface area (Å²) in [6.45, 7) is 1.44. The molecule has 0 atom stereocenters. The van der Waals surface area contributed by atoms with E-state index < -0.39 is 5.97 Å². The van der Waals surface area contributed by atoms with Crippen LogP contribution >= 0.6 is 0 Å². The number of hydrogen-bond acceptors (Lipinski definition) is 3. The fourth-order valence-corrected chi connectivity index (χ4v) is 2.05. The van der Waals surface area contributed by atoms with E-state index in [1.807, 2.05) is 18.2 Å². The minimum atomic E-state index is -0.772. The Bertz CT molecular complexity index is 403. The van der Waals surface area contributed by atoms with Crippen molar-refractivity contribution in [2.75, 3.05) is 18.0 Å². The largest absolute Gasteiger partial charge is 0.481 e. The van der Waals surface area contributed by atoms with Crippen molar-refractivity contribution in [1.82, 2.24) is 0 Å². The van der Waals surface area contributed by atoms with Crippen LogP contribution < -0.4 is 4.90 Å². The standard InChI is InChI=1S/C12H15NO3/c14-8-9-1-2-10-3-5-13(11(10)7-9)6-4-12(15)16/h1-2,7,14H,3-6,8H2,(H,15,16). The third-order valence-electron chi connectivity index (χ3n) is 2.92. The smallest absolute Gasteiger partial charge is 0.305 e. The van der Waals surface area contributed by atoms with Crippen molar-refractivity contribution in [3.05, 3.63) is 29.3 Å². The van der Waals surface area contributed by atoms with Crippen LogP contribution in [0.2, 0.25) is 0 Å². The van der Waals surface area contributed by atoms with Gasteiger partial charge in [-0.25, -0.2) is 0 Å². The lowest BCUT2D eigenvalue weighted by atomic mass is 10.1. The molecule has 0 saturated heterocycles. The Hall–Kier alpha value is -1.55. The first-order valence-electron chi connectivity index (χ1n) is 5.40. The van der Waals surface area contributed by atoms with Crippen LogP contribution in [0.15, 0.2) is 18.2 Å². The van der Waals surface area contributed by atoms with Gasteiger partial charge >= 0.3 is 5.97 Å². The van der Waals surface area contributed by atoms with Crippen molar-refractivity contribution in [2.24, 2.45) is 0 Å². The predicted octanol–water partition coefficient (Wildman–Crippen LogP) is 1.02. The topological polar surface area (TPSA) is 60.8 Å². The Morgan fingerprint density at radius 1 is 1.44 bits per heavy atom. The second-order valence-electron chi connectivity index (χ2n) is 4.00.